The van der Waals surface area contributed by atoms with E-state index in [-0.39, 0.29) is 6.42 Å². The normalized spacial score (nSPS) is 9.50. The van der Waals surface area contributed by atoms with Gasteiger partial charge in [-0.2, -0.15) is 5.26 Å². The summed E-state index contributed by atoms with van der Waals surface area (Å²) in [5.41, 5.74) is 0.317. The molecule has 1 nitrogen and oxygen atoms in total. The summed E-state index contributed by atoms with van der Waals surface area (Å²) in [5.74, 6) is -0.416. The summed E-state index contributed by atoms with van der Waals surface area (Å²) >= 11 is 8.65. The van der Waals surface area contributed by atoms with Crippen molar-refractivity contribution >= 4 is 27.5 Å². The molecule has 0 aliphatic rings. The number of hydrogen-bond acceptors (Lipinski definition) is 1. The van der Waals surface area contributed by atoms with Gasteiger partial charge < -0.3 is 0 Å². The van der Waals surface area contributed by atoms with Gasteiger partial charge >= 0.3 is 0 Å². The summed E-state index contributed by atoms with van der Waals surface area (Å²) in [6.45, 7) is 0. The minimum absolute atomic E-state index is 0.0327. The van der Waals surface area contributed by atoms with Gasteiger partial charge in [0.1, 0.15) is 5.82 Å². The fraction of sp³-hybridized carbons (Fsp3) is 0.125. The van der Waals surface area contributed by atoms with Crippen LogP contribution in [-0.2, 0) is 6.42 Å². The fourth-order valence-corrected chi connectivity index (χ4v) is 1.70. The van der Waals surface area contributed by atoms with Crippen LogP contribution in [0.15, 0.2) is 16.6 Å². The van der Waals surface area contributed by atoms with E-state index in [0.29, 0.717) is 15.1 Å². The molecule has 1 aromatic carbocycles. The van der Waals surface area contributed by atoms with E-state index in [1.807, 2.05) is 6.07 Å². The van der Waals surface area contributed by atoms with Crippen LogP contribution in [0.5, 0.6) is 0 Å². The Hall–Kier alpha value is -0.590. The molecule has 0 unspecified atom stereocenters. The van der Waals surface area contributed by atoms with Gasteiger partial charge in [-0.15, -0.1) is 0 Å². The van der Waals surface area contributed by atoms with Crippen molar-refractivity contribution in [3.8, 4) is 6.07 Å². The second-order valence-corrected chi connectivity index (χ2v) is 3.49. The topological polar surface area (TPSA) is 23.8 Å². The van der Waals surface area contributed by atoms with Gasteiger partial charge in [0.25, 0.3) is 0 Å². The summed E-state index contributed by atoms with van der Waals surface area (Å²) in [4.78, 5) is 0. The first-order valence-electron chi connectivity index (χ1n) is 3.15. The lowest BCUT2D eigenvalue weighted by atomic mass is 10.1. The highest BCUT2D eigenvalue weighted by atomic mass is 79.9. The predicted molar refractivity (Wildman–Crippen MR) is 48.4 cm³/mol. The van der Waals surface area contributed by atoms with Crippen molar-refractivity contribution < 1.29 is 4.39 Å². The van der Waals surface area contributed by atoms with Gasteiger partial charge in [-0.05, 0) is 28.1 Å². The van der Waals surface area contributed by atoms with Crippen molar-refractivity contribution in [3.05, 3.63) is 33.0 Å². The number of hydrogen-bond donors (Lipinski definition) is 0. The minimum atomic E-state index is -0.416. The van der Waals surface area contributed by atoms with Crippen molar-refractivity contribution in [1.82, 2.24) is 0 Å². The van der Waals surface area contributed by atoms with Crippen LogP contribution in [0.25, 0.3) is 0 Å². The molecule has 1 aromatic rings. The lowest BCUT2D eigenvalue weighted by Crippen LogP contribution is -1.89. The molecule has 1 rings (SSSR count). The average Bonchev–Trinajstić information content (AvgIpc) is 2.00. The summed E-state index contributed by atoms with van der Waals surface area (Å²) in [7, 11) is 0. The number of nitriles is 1. The van der Waals surface area contributed by atoms with Crippen LogP contribution in [0, 0.1) is 17.1 Å². The predicted octanol–water partition coefficient (Wildman–Crippen LogP) is 3.31. The summed E-state index contributed by atoms with van der Waals surface area (Å²) < 4.78 is 13.4. The molecule has 4 heteroatoms. The second kappa shape index (κ2) is 3.88. The van der Waals surface area contributed by atoms with E-state index in [1.165, 1.54) is 12.1 Å². The number of benzene rings is 1. The number of nitrogens with zero attached hydrogens (tertiary/aromatic N) is 1. The van der Waals surface area contributed by atoms with Crippen molar-refractivity contribution in [2.45, 2.75) is 6.42 Å². The maximum Gasteiger partial charge on any atom is 0.141 e. The molecule has 12 heavy (non-hydrogen) atoms. The monoisotopic (exact) mass is 247 g/mol. The molecule has 62 valence electrons. The highest BCUT2D eigenvalue weighted by Gasteiger charge is 2.07. The van der Waals surface area contributed by atoms with E-state index in [1.54, 1.807) is 0 Å². The molecule has 0 spiro atoms. The zero-order chi connectivity index (χ0) is 9.14. The Morgan fingerprint density at radius 1 is 1.58 bits per heavy atom. The molecule has 0 fully saturated rings. The molecule has 0 saturated carbocycles. The van der Waals surface area contributed by atoms with Gasteiger partial charge in [-0.3, -0.25) is 0 Å². The summed E-state index contributed by atoms with van der Waals surface area (Å²) in [6.07, 6.45) is 0.0327. The molecule has 0 radical (unpaired) electrons. The van der Waals surface area contributed by atoms with E-state index in [0.717, 1.165) is 0 Å². The highest BCUT2D eigenvalue weighted by molar-refractivity contribution is 9.10. The van der Waals surface area contributed by atoms with Gasteiger partial charge in [-0.25, -0.2) is 4.39 Å². The third-order valence-electron chi connectivity index (χ3n) is 1.34. The van der Waals surface area contributed by atoms with E-state index < -0.39 is 5.82 Å². The molecule has 0 amide bonds. The largest absolute Gasteiger partial charge is 0.205 e. The van der Waals surface area contributed by atoms with Crippen molar-refractivity contribution in [3.63, 3.8) is 0 Å². The van der Waals surface area contributed by atoms with Gasteiger partial charge in [0, 0.05) is 10.6 Å². The van der Waals surface area contributed by atoms with Crippen molar-refractivity contribution in [2.75, 3.05) is 0 Å². The zero-order valence-corrected chi connectivity index (χ0v) is 8.28. The molecule has 0 atom stereocenters. The lowest BCUT2D eigenvalue weighted by Gasteiger charge is -2.00. The molecule has 0 N–H and O–H groups in total. The van der Waals surface area contributed by atoms with Crippen LogP contribution in [0.3, 0.4) is 0 Å². The van der Waals surface area contributed by atoms with Crippen LogP contribution in [0.2, 0.25) is 5.02 Å². The zero-order valence-electron chi connectivity index (χ0n) is 5.94. The van der Waals surface area contributed by atoms with E-state index in [9.17, 15) is 4.39 Å². The first-order chi connectivity index (χ1) is 5.65. The smallest absolute Gasteiger partial charge is 0.141 e. The average molecular weight is 248 g/mol. The van der Waals surface area contributed by atoms with Crippen LogP contribution < -0.4 is 0 Å². The first kappa shape index (κ1) is 9.50. The van der Waals surface area contributed by atoms with Gasteiger partial charge in [0.05, 0.1) is 17.0 Å². The summed E-state index contributed by atoms with van der Waals surface area (Å²) in [5, 5.41) is 8.78. The molecule has 0 bridgehead atoms. The van der Waals surface area contributed by atoms with E-state index >= 15 is 0 Å². The molecular weight excluding hydrogens is 244 g/mol. The third kappa shape index (κ3) is 1.96. The first-order valence-corrected chi connectivity index (χ1v) is 4.32. The Morgan fingerprint density at radius 2 is 2.25 bits per heavy atom. The Bertz CT molecular complexity index is 346. The van der Waals surface area contributed by atoms with E-state index in [4.69, 9.17) is 16.9 Å². The Labute approximate surface area is 82.9 Å². The SMILES string of the molecule is N#CCc1cc(Cl)cc(Br)c1F. The van der Waals surface area contributed by atoms with Gasteiger partial charge in [0.2, 0.25) is 0 Å². The number of halogens is 3. The third-order valence-corrected chi connectivity index (χ3v) is 2.13. The minimum Gasteiger partial charge on any atom is -0.205 e. The Morgan fingerprint density at radius 3 is 2.83 bits per heavy atom. The maximum atomic E-state index is 13.1. The van der Waals surface area contributed by atoms with Gasteiger partial charge in [-0.1, -0.05) is 11.6 Å². The van der Waals surface area contributed by atoms with Crippen molar-refractivity contribution in [1.29, 1.82) is 5.26 Å². The molecule has 0 aromatic heterocycles. The molecule has 0 aliphatic carbocycles. The highest BCUT2D eigenvalue weighted by Crippen LogP contribution is 2.24. The maximum absolute atomic E-state index is 13.1. The van der Waals surface area contributed by atoms with Crippen molar-refractivity contribution in [2.24, 2.45) is 0 Å². The summed E-state index contributed by atoms with van der Waals surface area (Å²) in [6, 6.07) is 4.77. The Balaban J connectivity index is 3.20. The molecule has 0 saturated heterocycles. The Kier molecular flexibility index (Phi) is 3.07. The lowest BCUT2D eigenvalue weighted by molar-refractivity contribution is 0.608. The molecule has 0 aliphatic heterocycles. The quantitative estimate of drug-likeness (QED) is 0.700. The molecule has 0 heterocycles. The van der Waals surface area contributed by atoms with Gasteiger partial charge in [0.15, 0.2) is 0 Å². The second-order valence-electron chi connectivity index (χ2n) is 2.20. The molecular formula is C8H4BrClFN. The van der Waals surface area contributed by atoms with Crippen LogP contribution in [0.1, 0.15) is 5.56 Å². The number of rotatable bonds is 1. The van der Waals surface area contributed by atoms with E-state index in [2.05, 4.69) is 15.9 Å². The van der Waals surface area contributed by atoms with Crippen LogP contribution >= 0.6 is 27.5 Å². The standard InChI is InChI=1S/C8H4BrClFN/c9-7-4-6(10)3-5(1-2-12)8(7)11/h3-4H,1H2. The van der Waals surface area contributed by atoms with Crippen LogP contribution in [-0.4, -0.2) is 0 Å². The fourth-order valence-electron chi connectivity index (χ4n) is 0.823. The van der Waals surface area contributed by atoms with Crippen LogP contribution in [0.4, 0.5) is 4.39 Å².